The van der Waals surface area contributed by atoms with Crippen LogP contribution in [0, 0.1) is 12.8 Å². The van der Waals surface area contributed by atoms with E-state index in [-0.39, 0.29) is 0 Å². The lowest BCUT2D eigenvalue weighted by Gasteiger charge is -2.23. The van der Waals surface area contributed by atoms with Crippen LogP contribution in [0.4, 0.5) is 0 Å². The van der Waals surface area contributed by atoms with Crippen molar-refractivity contribution in [1.29, 1.82) is 0 Å². The van der Waals surface area contributed by atoms with Gasteiger partial charge in [-0.1, -0.05) is 13.3 Å². The molecule has 0 amide bonds. The lowest BCUT2D eigenvalue weighted by molar-refractivity contribution is 0.365. The Morgan fingerprint density at radius 3 is 2.22 bits per heavy atom. The third kappa shape index (κ3) is 2.17. The Hall–Kier alpha value is 0.290. The van der Waals surface area contributed by atoms with E-state index in [4.69, 9.17) is 11.6 Å². The largest absolute Gasteiger partial charge is 0.123 e. The molecular formula is C8H14Cl. The summed E-state index contributed by atoms with van der Waals surface area (Å²) in [5.74, 6) is 0.875. The molecule has 1 aliphatic rings. The number of hydrogen-bond donors (Lipinski definition) is 0. The molecule has 0 heterocycles. The number of rotatable bonds is 1. The van der Waals surface area contributed by atoms with Crippen molar-refractivity contribution in [2.45, 2.75) is 37.5 Å². The minimum atomic E-state index is 0.466. The van der Waals surface area contributed by atoms with E-state index in [2.05, 4.69) is 6.92 Å². The second-order valence-corrected chi connectivity index (χ2v) is 3.52. The van der Waals surface area contributed by atoms with Gasteiger partial charge in [0, 0.05) is 5.38 Å². The van der Waals surface area contributed by atoms with Gasteiger partial charge < -0.3 is 0 Å². The van der Waals surface area contributed by atoms with Gasteiger partial charge in [-0.05, 0) is 31.6 Å². The van der Waals surface area contributed by atoms with E-state index in [0.29, 0.717) is 5.38 Å². The molecule has 1 rings (SSSR count). The first-order valence-electron chi connectivity index (χ1n) is 3.76. The normalized spacial score (nSPS) is 36.7. The molecular weight excluding hydrogens is 132 g/mol. The predicted molar refractivity (Wildman–Crippen MR) is 41.6 cm³/mol. The van der Waals surface area contributed by atoms with Crippen LogP contribution in [0.5, 0.6) is 0 Å². The molecule has 0 saturated heterocycles. The fourth-order valence-electron chi connectivity index (χ4n) is 1.41. The lowest BCUT2D eigenvalue weighted by Crippen LogP contribution is -2.13. The minimum absolute atomic E-state index is 0.466. The smallest absolute Gasteiger partial charge is 0.0336 e. The number of alkyl halides is 1. The average Bonchev–Trinajstić information content (AvgIpc) is 1.90. The summed E-state index contributed by atoms with van der Waals surface area (Å²) in [7, 11) is 0. The standard InChI is InChI=1S/C8H14Cl/c1-2-7-3-5-8(9)6-4-7/h7-8H,1-6H2. The summed E-state index contributed by atoms with van der Waals surface area (Å²) in [6, 6.07) is 0. The maximum absolute atomic E-state index is 5.92. The van der Waals surface area contributed by atoms with Crippen molar-refractivity contribution in [3.63, 3.8) is 0 Å². The van der Waals surface area contributed by atoms with Gasteiger partial charge in [0.15, 0.2) is 0 Å². The van der Waals surface area contributed by atoms with E-state index in [0.717, 1.165) is 12.3 Å². The predicted octanol–water partition coefficient (Wildman–Crippen LogP) is 3.01. The Bertz CT molecular complexity index is 72.6. The van der Waals surface area contributed by atoms with Gasteiger partial charge in [0.05, 0.1) is 0 Å². The van der Waals surface area contributed by atoms with Crippen molar-refractivity contribution in [3.8, 4) is 0 Å². The summed E-state index contributed by atoms with van der Waals surface area (Å²) < 4.78 is 0. The van der Waals surface area contributed by atoms with Gasteiger partial charge in [0.1, 0.15) is 0 Å². The van der Waals surface area contributed by atoms with Crippen LogP contribution in [-0.4, -0.2) is 5.38 Å². The molecule has 0 nitrogen and oxygen atoms in total. The fourth-order valence-corrected chi connectivity index (χ4v) is 1.66. The molecule has 1 aliphatic carbocycles. The van der Waals surface area contributed by atoms with Gasteiger partial charge in [0.2, 0.25) is 0 Å². The maximum Gasteiger partial charge on any atom is 0.0336 e. The molecule has 0 spiro atoms. The van der Waals surface area contributed by atoms with Gasteiger partial charge >= 0.3 is 0 Å². The monoisotopic (exact) mass is 145 g/mol. The zero-order valence-electron chi connectivity index (χ0n) is 5.78. The molecule has 1 saturated carbocycles. The lowest BCUT2D eigenvalue weighted by atomic mass is 9.87. The Morgan fingerprint density at radius 1 is 1.22 bits per heavy atom. The summed E-state index contributed by atoms with van der Waals surface area (Å²) in [5, 5.41) is 0.466. The maximum atomic E-state index is 5.92. The number of hydrogen-bond acceptors (Lipinski definition) is 0. The Balaban J connectivity index is 2.18. The highest BCUT2D eigenvalue weighted by Crippen LogP contribution is 2.28. The van der Waals surface area contributed by atoms with Gasteiger partial charge in [-0.2, -0.15) is 0 Å². The molecule has 1 heteroatoms. The molecule has 0 bridgehead atoms. The first kappa shape index (κ1) is 7.40. The summed E-state index contributed by atoms with van der Waals surface area (Å²) in [4.78, 5) is 0. The topological polar surface area (TPSA) is 0 Å². The van der Waals surface area contributed by atoms with Crippen LogP contribution in [0.25, 0.3) is 0 Å². The second-order valence-electron chi connectivity index (χ2n) is 2.91. The van der Waals surface area contributed by atoms with E-state index in [9.17, 15) is 0 Å². The highest BCUT2D eigenvalue weighted by atomic mass is 35.5. The third-order valence-electron chi connectivity index (χ3n) is 2.18. The molecule has 0 unspecified atom stereocenters. The number of halogens is 1. The van der Waals surface area contributed by atoms with E-state index >= 15 is 0 Å². The van der Waals surface area contributed by atoms with Crippen LogP contribution in [0.2, 0.25) is 0 Å². The zero-order valence-corrected chi connectivity index (χ0v) is 6.53. The van der Waals surface area contributed by atoms with Crippen LogP contribution in [0.1, 0.15) is 32.1 Å². The van der Waals surface area contributed by atoms with Crippen LogP contribution in [0.15, 0.2) is 0 Å². The SMILES string of the molecule is [CH2]CC1CCC(Cl)CC1. The zero-order chi connectivity index (χ0) is 6.69. The van der Waals surface area contributed by atoms with Crippen molar-refractivity contribution in [2.75, 3.05) is 0 Å². The molecule has 0 aliphatic heterocycles. The van der Waals surface area contributed by atoms with Crippen molar-refractivity contribution in [3.05, 3.63) is 6.92 Å². The summed E-state index contributed by atoms with van der Waals surface area (Å²) >= 11 is 5.92. The highest BCUT2D eigenvalue weighted by molar-refractivity contribution is 6.20. The molecule has 0 aromatic heterocycles. The Morgan fingerprint density at radius 2 is 1.78 bits per heavy atom. The Labute approximate surface area is 62.6 Å². The average molecular weight is 146 g/mol. The van der Waals surface area contributed by atoms with Gasteiger partial charge in [0.25, 0.3) is 0 Å². The summed E-state index contributed by atoms with van der Waals surface area (Å²) in [6.07, 6.45) is 6.13. The molecule has 0 aromatic carbocycles. The van der Waals surface area contributed by atoms with Gasteiger partial charge in [-0.25, -0.2) is 0 Å². The summed E-state index contributed by atoms with van der Waals surface area (Å²) in [5.41, 5.74) is 0. The van der Waals surface area contributed by atoms with Crippen molar-refractivity contribution in [2.24, 2.45) is 5.92 Å². The van der Waals surface area contributed by atoms with Crippen molar-refractivity contribution in [1.82, 2.24) is 0 Å². The van der Waals surface area contributed by atoms with E-state index in [1.807, 2.05) is 0 Å². The first-order valence-corrected chi connectivity index (χ1v) is 4.20. The van der Waals surface area contributed by atoms with Crippen LogP contribution in [-0.2, 0) is 0 Å². The first-order chi connectivity index (χ1) is 4.33. The fraction of sp³-hybridized carbons (Fsp3) is 0.875. The minimum Gasteiger partial charge on any atom is -0.123 e. The van der Waals surface area contributed by atoms with E-state index < -0.39 is 0 Å². The van der Waals surface area contributed by atoms with Crippen LogP contribution in [0.3, 0.4) is 0 Å². The van der Waals surface area contributed by atoms with Gasteiger partial charge in [-0.3, -0.25) is 0 Å². The highest BCUT2D eigenvalue weighted by Gasteiger charge is 2.17. The van der Waals surface area contributed by atoms with Gasteiger partial charge in [-0.15, -0.1) is 11.6 Å². The molecule has 0 aromatic rings. The Kier molecular flexibility index (Phi) is 2.84. The van der Waals surface area contributed by atoms with E-state index in [1.165, 1.54) is 25.7 Å². The quantitative estimate of drug-likeness (QED) is 0.498. The summed E-state index contributed by atoms with van der Waals surface area (Å²) in [6.45, 7) is 3.89. The molecule has 1 fully saturated rings. The van der Waals surface area contributed by atoms with Crippen LogP contribution >= 0.6 is 11.6 Å². The molecule has 0 atom stereocenters. The molecule has 53 valence electrons. The molecule has 9 heavy (non-hydrogen) atoms. The second kappa shape index (κ2) is 3.46. The van der Waals surface area contributed by atoms with Crippen LogP contribution < -0.4 is 0 Å². The third-order valence-corrected chi connectivity index (χ3v) is 2.62. The molecule has 0 N–H and O–H groups in total. The molecule has 1 radical (unpaired) electrons. The van der Waals surface area contributed by atoms with Crippen molar-refractivity contribution >= 4 is 11.6 Å². The van der Waals surface area contributed by atoms with Crippen molar-refractivity contribution < 1.29 is 0 Å². The van der Waals surface area contributed by atoms with E-state index in [1.54, 1.807) is 0 Å².